The standard InChI is InChI=1S/C20H31N5O4/c1-4-28-12-5-10-21-19(23-15-18(26)24(2)3)22-14-16-6-8-17(9-7-16)25-11-13-29-20(25)27/h6-9H,4-5,10-15H2,1-3H3,(H2,21,22,23). The van der Waals surface area contributed by atoms with Crippen LogP contribution >= 0.6 is 0 Å². The van der Waals surface area contributed by atoms with Crippen LogP contribution in [0.1, 0.15) is 18.9 Å². The minimum absolute atomic E-state index is 0.0318. The van der Waals surface area contributed by atoms with Crippen LogP contribution < -0.4 is 15.5 Å². The number of likely N-dealkylation sites (N-methyl/N-ethyl adjacent to an activating group) is 1. The molecule has 9 heteroatoms. The summed E-state index contributed by atoms with van der Waals surface area (Å²) >= 11 is 0. The molecule has 160 valence electrons. The van der Waals surface area contributed by atoms with Crippen molar-refractivity contribution in [1.82, 2.24) is 15.5 Å². The molecule has 0 unspecified atom stereocenters. The Labute approximate surface area is 172 Å². The average molecular weight is 405 g/mol. The number of benzene rings is 1. The van der Waals surface area contributed by atoms with Crippen LogP contribution in [0.2, 0.25) is 0 Å². The SMILES string of the molecule is CCOCCCNC(=NCc1ccc(N2CCOC2=O)cc1)NCC(=O)N(C)C. The minimum atomic E-state index is -0.316. The van der Waals surface area contributed by atoms with Gasteiger partial charge in [-0.1, -0.05) is 12.1 Å². The third-order valence-electron chi connectivity index (χ3n) is 4.30. The van der Waals surface area contributed by atoms with E-state index in [1.807, 2.05) is 31.2 Å². The summed E-state index contributed by atoms with van der Waals surface area (Å²) in [6.07, 6.45) is 0.528. The van der Waals surface area contributed by atoms with E-state index >= 15 is 0 Å². The fraction of sp³-hybridized carbons (Fsp3) is 0.550. The Kier molecular flexibility index (Phi) is 9.23. The summed E-state index contributed by atoms with van der Waals surface area (Å²) in [6, 6.07) is 7.63. The molecule has 0 radical (unpaired) electrons. The highest BCUT2D eigenvalue weighted by Gasteiger charge is 2.23. The number of rotatable bonds is 10. The van der Waals surface area contributed by atoms with Gasteiger partial charge in [0.2, 0.25) is 5.91 Å². The summed E-state index contributed by atoms with van der Waals surface area (Å²) in [6.45, 7) is 5.62. The van der Waals surface area contributed by atoms with Crippen LogP contribution in [0.3, 0.4) is 0 Å². The number of hydrogen-bond donors (Lipinski definition) is 2. The van der Waals surface area contributed by atoms with Crippen molar-refractivity contribution in [1.29, 1.82) is 0 Å². The predicted molar refractivity (Wildman–Crippen MR) is 112 cm³/mol. The third-order valence-corrected chi connectivity index (χ3v) is 4.30. The first-order valence-corrected chi connectivity index (χ1v) is 9.84. The van der Waals surface area contributed by atoms with Crippen molar-refractivity contribution in [3.05, 3.63) is 29.8 Å². The van der Waals surface area contributed by atoms with Crippen molar-refractivity contribution in [2.75, 3.05) is 58.5 Å². The zero-order valence-corrected chi connectivity index (χ0v) is 17.4. The molecule has 1 aromatic carbocycles. The van der Waals surface area contributed by atoms with E-state index in [1.165, 1.54) is 4.90 Å². The van der Waals surface area contributed by atoms with Crippen molar-refractivity contribution in [2.24, 2.45) is 4.99 Å². The molecule has 2 amide bonds. The molecule has 2 rings (SSSR count). The third kappa shape index (κ3) is 7.61. The molecule has 1 saturated heterocycles. The van der Waals surface area contributed by atoms with Crippen LogP contribution in [0.4, 0.5) is 10.5 Å². The van der Waals surface area contributed by atoms with Gasteiger partial charge in [-0.05, 0) is 31.0 Å². The van der Waals surface area contributed by atoms with Crippen LogP contribution in [0, 0.1) is 0 Å². The van der Waals surface area contributed by atoms with E-state index in [0.29, 0.717) is 45.4 Å². The topological polar surface area (TPSA) is 95.5 Å². The number of nitrogens with one attached hydrogen (secondary N) is 2. The van der Waals surface area contributed by atoms with Crippen molar-refractivity contribution in [3.8, 4) is 0 Å². The van der Waals surface area contributed by atoms with Gasteiger partial charge in [-0.2, -0.15) is 0 Å². The molecule has 1 aromatic rings. The lowest BCUT2D eigenvalue weighted by Gasteiger charge is -2.15. The predicted octanol–water partition coefficient (Wildman–Crippen LogP) is 1.19. The number of carbonyl (C=O) groups is 2. The summed E-state index contributed by atoms with van der Waals surface area (Å²) < 4.78 is 10.3. The second-order valence-corrected chi connectivity index (χ2v) is 6.72. The monoisotopic (exact) mass is 405 g/mol. The van der Waals surface area contributed by atoms with E-state index in [0.717, 1.165) is 17.7 Å². The molecule has 0 spiro atoms. The zero-order valence-electron chi connectivity index (χ0n) is 17.4. The number of ether oxygens (including phenoxy) is 2. The number of amides is 2. The van der Waals surface area contributed by atoms with Crippen LogP contribution in [-0.2, 0) is 20.8 Å². The maximum absolute atomic E-state index is 11.8. The molecule has 0 atom stereocenters. The van der Waals surface area contributed by atoms with Gasteiger partial charge >= 0.3 is 6.09 Å². The molecular formula is C20H31N5O4. The van der Waals surface area contributed by atoms with Crippen LogP contribution in [-0.4, -0.2) is 76.4 Å². The Morgan fingerprint density at radius 1 is 1.28 bits per heavy atom. The molecule has 29 heavy (non-hydrogen) atoms. The summed E-state index contributed by atoms with van der Waals surface area (Å²) in [7, 11) is 3.43. The molecule has 0 bridgehead atoms. The average Bonchev–Trinajstić information content (AvgIpc) is 3.15. The van der Waals surface area contributed by atoms with Crippen LogP contribution in [0.15, 0.2) is 29.3 Å². The molecule has 1 aliphatic rings. The number of anilines is 1. The van der Waals surface area contributed by atoms with Gasteiger partial charge in [-0.25, -0.2) is 9.79 Å². The molecular weight excluding hydrogens is 374 g/mol. The Morgan fingerprint density at radius 2 is 2.03 bits per heavy atom. The number of aliphatic imine (C=N–C) groups is 1. The molecule has 0 aromatic heterocycles. The van der Waals surface area contributed by atoms with Crippen LogP contribution in [0.5, 0.6) is 0 Å². The summed E-state index contributed by atoms with van der Waals surface area (Å²) in [5, 5.41) is 6.29. The maximum Gasteiger partial charge on any atom is 0.414 e. The van der Waals surface area contributed by atoms with E-state index < -0.39 is 0 Å². The maximum atomic E-state index is 11.8. The number of cyclic esters (lactones) is 1. The first kappa shape index (κ1) is 22.5. The van der Waals surface area contributed by atoms with E-state index in [2.05, 4.69) is 15.6 Å². The van der Waals surface area contributed by atoms with Crippen LogP contribution in [0.25, 0.3) is 0 Å². The quantitative estimate of drug-likeness (QED) is 0.345. The highest BCUT2D eigenvalue weighted by atomic mass is 16.6. The minimum Gasteiger partial charge on any atom is -0.447 e. The van der Waals surface area contributed by atoms with Gasteiger partial charge in [0.05, 0.1) is 19.6 Å². The zero-order chi connectivity index (χ0) is 21.1. The number of carbonyl (C=O) groups excluding carboxylic acids is 2. The highest BCUT2D eigenvalue weighted by Crippen LogP contribution is 2.19. The van der Waals surface area contributed by atoms with E-state index in [4.69, 9.17) is 9.47 Å². The smallest absolute Gasteiger partial charge is 0.414 e. The van der Waals surface area contributed by atoms with E-state index in [9.17, 15) is 9.59 Å². The Morgan fingerprint density at radius 3 is 2.66 bits per heavy atom. The van der Waals surface area contributed by atoms with Gasteiger partial charge in [-0.3, -0.25) is 9.69 Å². The van der Waals surface area contributed by atoms with Gasteiger partial charge in [0.25, 0.3) is 0 Å². The normalized spacial score (nSPS) is 14.0. The Balaban J connectivity index is 1.93. The van der Waals surface area contributed by atoms with Gasteiger partial charge in [0, 0.05) is 39.5 Å². The molecule has 1 fully saturated rings. The van der Waals surface area contributed by atoms with Gasteiger partial charge < -0.3 is 25.0 Å². The van der Waals surface area contributed by atoms with Gasteiger partial charge in [0.1, 0.15) is 6.61 Å². The second kappa shape index (κ2) is 11.9. The molecule has 2 N–H and O–H groups in total. The molecule has 0 saturated carbocycles. The Bertz CT molecular complexity index is 691. The second-order valence-electron chi connectivity index (χ2n) is 6.72. The van der Waals surface area contributed by atoms with Crippen molar-refractivity contribution < 1.29 is 19.1 Å². The largest absolute Gasteiger partial charge is 0.447 e. The lowest BCUT2D eigenvalue weighted by molar-refractivity contribution is -0.127. The van der Waals surface area contributed by atoms with Crippen molar-refractivity contribution in [3.63, 3.8) is 0 Å². The fourth-order valence-electron chi connectivity index (χ4n) is 2.60. The summed E-state index contributed by atoms with van der Waals surface area (Å²) in [5.41, 5.74) is 1.81. The van der Waals surface area contributed by atoms with E-state index in [1.54, 1.807) is 19.0 Å². The summed E-state index contributed by atoms with van der Waals surface area (Å²) in [5.74, 6) is 0.541. The lowest BCUT2D eigenvalue weighted by atomic mass is 10.2. The number of guanidine groups is 1. The van der Waals surface area contributed by atoms with Crippen molar-refractivity contribution >= 4 is 23.6 Å². The molecule has 0 aliphatic carbocycles. The molecule has 1 aliphatic heterocycles. The van der Waals surface area contributed by atoms with Crippen molar-refractivity contribution in [2.45, 2.75) is 19.9 Å². The lowest BCUT2D eigenvalue weighted by Crippen LogP contribution is -2.43. The first-order chi connectivity index (χ1) is 14.0. The Hall–Kier alpha value is -2.81. The molecule has 1 heterocycles. The highest BCUT2D eigenvalue weighted by molar-refractivity contribution is 5.89. The van der Waals surface area contributed by atoms with Gasteiger partial charge in [-0.15, -0.1) is 0 Å². The molecule has 9 nitrogen and oxygen atoms in total. The van der Waals surface area contributed by atoms with E-state index in [-0.39, 0.29) is 18.5 Å². The fourth-order valence-corrected chi connectivity index (χ4v) is 2.60. The number of nitrogens with zero attached hydrogens (tertiary/aromatic N) is 3. The summed E-state index contributed by atoms with van der Waals surface area (Å²) in [4.78, 5) is 31.2. The number of hydrogen-bond acceptors (Lipinski definition) is 5. The first-order valence-electron chi connectivity index (χ1n) is 9.84. The van der Waals surface area contributed by atoms with Gasteiger partial charge in [0.15, 0.2) is 5.96 Å².